The molecule has 25 heavy (non-hydrogen) atoms. The molecule has 6 heteroatoms. The molecule has 0 amide bonds. The van der Waals surface area contributed by atoms with Crippen molar-refractivity contribution in [2.24, 2.45) is 4.99 Å². The Labute approximate surface area is 147 Å². The number of nitrogens with zero attached hydrogens (tertiary/aromatic N) is 1. The summed E-state index contributed by atoms with van der Waals surface area (Å²) in [7, 11) is 4.82. The number of guanidine groups is 1. The third-order valence-corrected chi connectivity index (χ3v) is 3.78. The van der Waals surface area contributed by atoms with E-state index in [0.29, 0.717) is 19.0 Å². The maximum absolute atomic E-state index is 13.7. The maximum Gasteiger partial charge on any atom is 0.191 e. The van der Waals surface area contributed by atoms with Gasteiger partial charge in [-0.05, 0) is 35.7 Å². The molecule has 0 bridgehead atoms. The Balaban J connectivity index is 1.84. The zero-order chi connectivity index (χ0) is 18.1. The molecule has 134 valence electrons. The smallest absolute Gasteiger partial charge is 0.191 e. The van der Waals surface area contributed by atoms with Crippen LogP contribution in [0.5, 0.6) is 11.5 Å². The molecule has 0 aliphatic rings. The molecule has 0 unspecified atom stereocenters. The molecule has 2 aromatic rings. The van der Waals surface area contributed by atoms with Gasteiger partial charge < -0.3 is 20.1 Å². The van der Waals surface area contributed by atoms with E-state index in [-0.39, 0.29) is 11.6 Å². The molecule has 0 saturated heterocycles. The minimum Gasteiger partial charge on any atom is -0.496 e. The number of halogens is 1. The van der Waals surface area contributed by atoms with E-state index >= 15 is 0 Å². The summed E-state index contributed by atoms with van der Waals surface area (Å²) < 4.78 is 24.0. The molecule has 0 aliphatic carbocycles. The van der Waals surface area contributed by atoms with Crippen molar-refractivity contribution in [1.29, 1.82) is 0 Å². The van der Waals surface area contributed by atoms with Crippen molar-refractivity contribution in [3.8, 4) is 11.5 Å². The van der Waals surface area contributed by atoms with Crippen LogP contribution in [0.4, 0.5) is 4.39 Å². The largest absolute Gasteiger partial charge is 0.496 e. The van der Waals surface area contributed by atoms with Gasteiger partial charge in [0.25, 0.3) is 0 Å². The fourth-order valence-corrected chi connectivity index (χ4v) is 2.45. The Kier molecular flexibility index (Phi) is 7.07. The van der Waals surface area contributed by atoms with E-state index in [1.165, 1.54) is 13.2 Å². The molecule has 2 aromatic carbocycles. The molecule has 0 aromatic heterocycles. The molecule has 5 nitrogen and oxygen atoms in total. The molecule has 0 fully saturated rings. The van der Waals surface area contributed by atoms with E-state index in [0.717, 1.165) is 23.3 Å². The van der Waals surface area contributed by atoms with Crippen molar-refractivity contribution in [2.75, 3.05) is 27.8 Å². The summed E-state index contributed by atoms with van der Waals surface area (Å²) in [5.41, 5.74) is 1.94. The number of benzene rings is 2. The number of rotatable bonds is 7. The Morgan fingerprint density at radius 1 is 1.04 bits per heavy atom. The Morgan fingerprint density at radius 2 is 1.80 bits per heavy atom. The number of hydrogen-bond acceptors (Lipinski definition) is 3. The van der Waals surface area contributed by atoms with Crippen LogP contribution in [0.25, 0.3) is 0 Å². The van der Waals surface area contributed by atoms with Crippen molar-refractivity contribution in [2.45, 2.75) is 13.0 Å². The Morgan fingerprint density at radius 3 is 2.48 bits per heavy atom. The van der Waals surface area contributed by atoms with E-state index in [1.54, 1.807) is 20.2 Å². The zero-order valence-electron chi connectivity index (χ0n) is 14.8. The van der Waals surface area contributed by atoms with Crippen LogP contribution < -0.4 is 20.1 Å². The first-order chi connectivity index (χ1) is 12.2. The number of hydrogen-bond donors (Lipinski definition) is 2. The minimum absolute atomic E-state index is 0.239. The molecule has 2 N–H and O–H groups in total. The van der Waals surface area contributed by atoms with E-state index in [4.69, 9.17) is 9.47 Å². The number of ether oxygens (including phenoxy) is 2. The van der Waals surface area contributed by atoms with Gasteiger partial charge in [0.05, 0.1) is 14.2 Å². The summed E-state index contributed by atoms with van der Waals surface area (Å²) in [5, 5.41) is 6.41. The number of aliphatic imine (C=N–C) groups is 1. The molecule has 0 atom stereocenters. The van der Waals surface area contributed by atoms with Gasteiger partial charge in [-0.3, -0.25) is 4.99 Å². The Bertz CT molecular complexity index is 720. The standard InChI is InChI=1S/C19H24FN3O2/c1-21-19(22-11-10-15-6-4-5-7-17(15)24-2)23-13-14-8-9-18(25-3)16(20)12-14/h4-9,12H,10-11,13H2,1-3H3,(H2,21,22,23). The average Bonchev–Trinajstić information content (AvgIpc) is 2.65. The normalized spacial score (nSPS) is 11.1. The summed E-state index contributed by atoms with van der Waals surface area (Å²) >= 11 is 0. The molecular formula is C19H24FN3O2. The highest BCUT2D eigenvalue weighted by Gasteiger charge is 2.05. The van der Waals surface area contributed by atoms with Gasteiger partial charge in [-0.2, -0.15) is 0 Å². The predicted octanol–water partition coefficient (Wildman–Crippen LogP) is 2.75. The fourth-order valence-electron chi connectivity index (χ4n) is 2.45. The highest BCUT2D eigenvalue weighted by molar-refractivity contribution is 5.79. The van der Waals surface area contributed by atoms with E-state index in [1.807, 2.05) is 30.3 Å². The molecular weight excluding hydrogens is 321 g/mol. The van der Waals surface area contributed by atoms with Crippen molar-refractivity contribution < 1.29 is 13.9 Å². The van der Waals surface area contributed by atoms with E-state index < -0.39 is 0 Å². The summed E-state index contributed by atoms with van der Waals surface area (Å²) in [6.45, 7) is 1.17. The van der Waals surface area contributed by atoms with Crippen LogP contribution in [-0.2, 0) is 13.0 Å². The van der Waals surface area contributed by atoms with Crippen LogP contribution in [-0.4, -0.2) is 33.8 Å². The summed E-state index contributed by atoms with van der Waals surface area (Å²) in [6, 6.07) is 12.8. The first-order valence-corrected chi connectivity index (χ1v) is 8.06. The molecule has 0 heterocycles. The summed E-state index contributed by atoms with van der Waals surface area (Å²) in [4.78, 5) is 4.18. The Hall–Kier alpha value is -2.76. The van der Waals surface area contributed by atoms with Crippen molar-refractivity contribution in [1.82, 2.24) is 10.6 Å². The van der Waals surface area contributed by atoms with Crippen molar-refractivity contribution >= 4 is 5.96 Å². The number of para-hydroxylation sites is 1. The van der Waals surface area contributed by atoms with Gasteiger partial charge in [0.15, 0.2) is 17.5 Å². The minimum atomic E-state index is -0.374. The van der Waals surface area contributed by atoms with Crippen LogP contribution in [0.15, 0.2) is 47.5 Å². The monoisotopic (exact) mass is 345 g/mol. The predicted molar refractivity (Wildman–Crippen MR) is 97.9 cm³/mol. The lowest BCUT2D eigenvalue weighted by Gasteiger charge is -2.13. The SMILES string of the molecule is CN=C(NCCc1ccccc1OC)NCc1ccc(OC)c(F)c1. The van der Waals surface area contributed by atoms with E-state index in [2.05, 4.69) is 15.6 Å². The fraction of sp³-hybridized carbons (Fsp3) is 0.316. The second-order valence-corrected chi connectivity index (χ2v) is 5.38. The van der Waals surface area contributed by atoms with Crippen molar-refractivity contribution in [3.63, 3.8) is 0 Å². The van der Waals surface area contributed by atoms with Crippen LogP contribution >= 0.6 is 0 Å². The topological polar surface area (TPSA) is 54.9 Å². The van der Waals surface area contributed by atoms with Gasteiger partial charge >= 0.3 is 0 Å². The first kappa shape index (κ1) is 18.6. The van der Waals surface area contributed by atoms with Gasteiger partial charge in [-0.15, -0.1) is 0 Å². The second kappa shape index (κ2) is 9.52. The van der Waals surface area contributed by atoms with Gasteiger partial charge in [-0.1, -0.05) is 24.3 Å². The summed E-state index contributed by atoms with van der Waals surface area (Å²) in [6.07, 6.45) is 0.807. The van der Waals surface area contributed by atoms with Crippen molar-refractivity contribution in [3.05, 3.63) is 59.4 Å². The molecule has 0 aliphatic heterocycles. The number of methoxy groups -OCH3 is 2. The average molecular weight is 345 g/mol. The molecule has 0 spiro atoms. The third-order valence-electron chi connectivity index (χ3n) is 3.78. The number of nitrogens with one attached hydrogen (secondary N) is 2. The lowest BCUT2D eigenvalue weighted by molar-refractivity contribution is 0.386. The van der Waals surface area contributed by atoms with Gasteiger partial charge in [-0.25, -0.2) is 4.39 Å². The van der Waals surface area contributed by atoms with Gasteiger partial charge in [0, 0.05) is 20.1 Å². The molecule has 0 radical (unpaired) electrons. The first-order valence-electron chi connectivity index (χ1n) is 8.06. The molecule has 0 saturated carbocycles. The van der Waals surface area contributed by atoms with Crippen LogP contribution in [0.2, 0.25) is 0 Å². The van der Waals surface area contributed by atoms with E-state index in [9.17, 15) is 4.39 Å². The quantitative estimate of drug-likeness (QED) is 0.598. The molecule has 2 rings (SSSR count). The van der Waals surface area contributed by atoms with Crippen LogP contribution in [0.3, 0.4) is 0 Å². The summed E-state index contributed by atoms with van der Waals surface area (Å²) in [5.74, 6) is 1.40. The lowest BCUT2D eigenvalue weighted by atomic mass is 10.1. The van der Waals surface area contributed by atoms with Gasteiger partial charge in [0.1, 0.15) is 5.75 Å². The third kappa shape index (κ3) is 5.38. The van der Waals surface area contributed by atoms with Crippen LogP contribution in [0, 0.1) is 5.82 Å². The highest BCUT2D eigenvalue weighted by Crippen LogP contribution is 2.18. The lowest BCUT2D eigenvalue weighted by Crippen LogP contribution is -2.37. The highest BCUT2D eigenvalue weighted by atomic mass is 19.1. The zero-order valence-corrected chi connectivity index (χ0v) is 14.8. The van der Waals surface area contributed by atoms with Gasteiger partial charge in [0.2, 0.25) is 0 Å². The van der Waals surface area contributed by atoms with Crippen LogP contribution in [0.1, 0.15) is 11.1 Å². The second-order valence-electron chi connectivity index (χ2n) is 5.38. The maximum atomic E-state index is 13.7.